The van der Waals surface area contributed by atoms with Gasteiger partial charge in [-0.1, -0.05) is 12.1 Å². The van der Waals surface area contributed by atoms with Crippen LogP contribution in [0.4, 0.5) is 0 Å². The molecule has 2 nitrogen and oxygen atoms in total. The third kappa shape index (κ3) is 2.31. The Labute approximate surface area is 100 Å². The zero-order valence-corrected chi connectivity index (χ0v) is 10.7. The van der Waals surface area contributed by atoms with E-state index >= 15 is 0 Å². The molecule has 0 unspecified atom stereocenters. The molecule has 2 rings (SSSR count). The summed E-state index contributed by atoms with van der Waals surface area (Å²) in [4.78, 5) is 1.27. The lowest BCUT2D eigenvalue weighted by Gasteiger charge is -2.02. The highest BCUT2D eigenvalue weighted by atomic mass is 32.1. The van der Waals surface area contributed by atoms with E-state index in [2.05, 4.69) is 47.8 Å². The van der Waals surface area contributed by atoms with E-state index in [-0.39, 0.29) is 0 Å². The second kappa shape index (κ2) is 4.76. The van der Waals surface area contributed by atoms with Crippen LogP contribution in [0.2, 0.25) is 0 Å². The molecule has 0 saturated carbocycles. The summed E-state index contributed by atoms with van der Waals surface area (Å²) in [7, 11) is 1.95. The van der Waals surface area contributed by atoms with E-state index in [4.69, 9.17) is 0 Å². The smallest absolute Gasteiger partial charge is 0.0844 e. The first-order valence-corrected chi connectivity index (χ1v) is 6.16. The molecule has 1 N–H and O–H groups in total. The molecule has 0 fully saturated rings. The highest BCUT2D eigenvalue weighted by Crippen LogP contribution is 2.23. The third-order valence-corrected chi connectivity index (χ3v) is 3.50. The van der Waals surface area contributed by atoms with E-state index in [1.807, 2.05) is 7.05 Å². The fraction of sp³-hybridized carbons (Fsp3) is 0.308. The molecule has 2 aromatic rings. The summed E-state index contributed by atoms with van der Waals surface area (Å²) >= 11 is 1.57. The Bertz CT molecular complexity index is 488. The number of benzene rings is 1. The van der Waals surface area contributed by atoms with E-state index in [1.165, 1.54) is 21.6 Å². The molecule has 84 valence electrons. The second-order valence-corrected chi connectivity index (χ2v) is 4.90. The Hall–Kier alpha value is -1.19. The summed E-state index contributed by atoms with van der Waals surface area (Å²) in [6.45, 7) is 5.16. The van der Waals surface area contributed by atoms with Crippen LogP contribution >= 0.6 is 11.5 Å². The van der Waals surface area contributed by atoms with Gasteiger partial charge in [-0.05, 0) is 55.7 Å². The van der Waals surface area contributed by atoms with Crippen LogP contribution in [0.15, 0.2) is 24.3 Å². The van der Waals surface area contributed by atoms with Gasteiger partial charge in [0, 0.05) is 17.0 Å². The van der Waals surface area contributed by atoms with Crippen LogP contribution in [0.25, 0.3) is 11.3 Å². The van der Waals surface area contributed by atoms with Gasteiger partial charge in [0.2, 0.25) is 0 Å². The van der Waals surface area contributed by atoms with Gasteiger partial charge in [-0.25, -0.2) is 0 Å². The van der Waals surface area contributed by atoms with Crippen LogP contribution in [-0.4, -0.2) is 11.4 Å². The predicted molar refractivity (Wildman–Crippen MR) is 69.8 cm³/mol. The number of nitrogens with zero attached hydrogens (tertiary/aromatic N) is 1. The van der Waals surface area contributed by atoms with Gasteiger partial charge in [0.1, 0.15) is 0 Å². The van der Waals surface area contributed by atoms with Crippen LogP contribution in [-0.2, 0) is 6.54 Å². The highest BCUT2D eigenvalue weighted by Gasteiger charge is 2.04. The second-order valence-electron chi connectivity index (χ2n) is 4.01. The topological polar surface area (TPSA) is 24.9 Å². The lowest BCUT2D eigenvalue weighted by Crippen LogP contribution is -2.02. The van der Waals surface area contributed by atoms with E-state index in [0.717, 1.165) is 12.2 Å². The Morgan fingerprint density at radius 3 is 2.69 bits per heavy atom. The summed E-state index contributed by atoms with van der Waals surface area (Å²) < 4.78 is 4.48. The number of nitrogens with one attached hydrogen (secondary N) is 1. The van der Waals surface area contributed by atoms with Crippen molar-refractivity contribution in [2.45, 2.75) is 20.4 Å². The van der Waals surface area contributed by atoms with Crippen molar-refractivity contribution in [3.63, 3.8) is 0 Å². The molecule has 16 heavy (non-hydrogen) atoms. The fourth-order valence-corrected chi connectivity index (χ4v) is 2.35. The third-order valence-electron chi connectivity index (χ3n) is 2.71. The number of hydrogen-bond donors (Lipinski definition) is 1. The van der Waals surface area contributed by atoms with Crippen molar-refractivity contribution >= 4 is 11.5 Å². The van der Waals surface area contributed by atoms with Gasteiger partial charge >= 0.3 is 0 Å². The summed E-state index contributed by atoms with van der Waals surface area (Å²) in [5, 5.41) is 3.14. The van der Waals surface area contributed by atoms with Gasteiger partial charge in [0.25, 0.3) is 0 Å². The molecule has 0 aliphatic heterocycles. The molecule has 1 heterocycles. The molecule has 1 aromatic carbocycles. The molecule has 0 aliphatic rings. The minimum Gasteiger partial charge on any atom is -0.315 e. The van der Waals surface area contributed by atoms with Gasteiger partial charge in [-0.15, -0.1) is 0 Å². The monoisotopic (exact) mass is 232 g/mol. The Morgan fingerprint density at radius 2 is 2.00 bits per heavy atom. The van der Waals surface area contributed by atoms with Crippen molar-refractivity contribution < 1.29 is 0 Å². The van der Waals surface area contributed by atoms with Crippen LogP contribution in [0.5, 0.6) is 0 Å². The van der Waals surface area contributed by atoms with Crippen LogP contribution in [0.3, 0.4) is 0 Å². The predicted octanol–water partition coefficient (Wildman–Crippen LogP) is 3.15. The van der Waals surface area contributed by atoms with Crippen LogP contribution in [0, 0.1) is 13.8 Å². The Kier molecular flexibility index (Phi) is 3.36. The van der Waals surface area contributed by atoms with Crippen molar-refractivity contribution in [1.29, 1.82) is 0 Å². The van der Waals surface area contributed by atoms with Gasteiger partial charge in [0.15, 0.2) is 0 Å². The number of hydrogen-bond acceptors (Lipinski definition) is 3. The van der Waals surface area contributed by atoms with Crippen molar-refractivity contribution in [2.75, 3.05) is 7.05 Å². The minimum atomic E-state index is 0.891. The van der Waals surface area contributed by atoms with Crippen molar-refractivity contribution in [1.82, 2.24) is 9.69 Å². The van der Waals surface area contributed by atoms with Crippen molar-refractivity contribution in [3.05, 3.63) is 40.3 Å². The molecule has 0 amide bonds. The Morgan fingerprint density at radius 1 is 1.19 bits per heavy atom. The first-order valence-electron chi connectivity index (χ1n) is 5.38. The molecular weight excluding hydrogens is 216 g/mol. The first kappa shape index (κ1) is 11.3. The number of rotatable bonds is 3. The van der Waals surface area contributed by atoms with Crippen molar-refractivity contribution in [3.8, 4) is 11.3 Å². The van der Waals surface area contributed by atoms with Gasteiger partial charge in [0.05, 0.1) is 5.69 Å². The molecule has 0 spiro atoms. The van der Waals surface area contributed by atoms with Crippen LogP contribution in [0.1, 0.15) is 16.0 Å². The van der Waals surface area contributed by atoms with Gasteiger partial charge < -0.3 is 5.32 Å². The lowest BCUT2D eigenvalue weighted by molar-refractivity contribution is 0.831. The molecule has 3 heteroatoms. The lowest BCUT2D eigenvalue weighted by atomic mass is 10.0. The zero-order valence-electron chi connectivity index (χ0n) is 9.87. The SMILES string of the molecule is CNCc1cc(-c2ccc(C)c(C)c2)ns1. The summed E-state index contributed by atoms with van der Waals surface area (Å²) in [6, 6.07) is 8.65. The minimum absolute atomic E-state index is 0.891. The van der Waals surface area contributed by atoms with E-state index < -0.39 is 0 Å². The molecule has 0 aliphatic carbocycles. The average molecular weight is 232 g/mol. The van der Waals surface area contributed by atoms with Crippen LogP contribution < -0.4 is 5.32 Å². The molecule has 0 atom stereocenters. The molecule has 0 radical (unpaired) electrons. The summed E-state index contributed by atoms with van der Waals surface area (Å²) in [5.74, 6) is 0. The fourth-order valence-electron chi connectivity index (χ4n) is 1.61. The molecular formula is C13H16N2S. The van der Waals surface area contributed by atoms with Gasteiger partial charge in [-0.3, -0.25) is 0 Å². The van der Waals surface area contributed by atoms with E-state index in [9.17, 15) is 0 Å². The highest BCUT2D eigenvalue weighted by molar-refractivity contribution is 7.06. The standard InChI is InChI=1S/C13H16N2S/c1-9-4-5-11(6-10(9)2)13-7-12(8-14-3)16-15-13/h4-7,14H,8H2,1-3H3. The summed E-state index contributed by atoms with van der Waals surface area (Å²) in [6.07, 6.45) is 0. The van der Waals surface area contributed by atoms with E-state index in [0.29, 0.717) is 0 Å². The van der Waals surface area contributed by atoms with Crippen molar-refractivity contribution in [2.24, 2.45) is 0 Å². The van der Waals surface area contributed by atoms with Gasteiger partial charge in [-0.2, -0.15) is 4.37 Å². The molecule has 1 aromatic heterocycles. The maximum atomic E-state index is 4.48. The maximum Gasteiger partial charge on any atom is 0.0844 e. The zero-order chi connectivity index (χ0) is 11.5. The molecule has 0 bridgehead atoms. The summed E-state index contributed by atoms with van der Waals surface area (Å²) in [5.41, 5.74) is 4.94. The molecule has 0 saturated heterocycles. The Balaban J connectivity index is 2.31. The normalized spacial score (nSPS) is 10.7. The number of aromatic nitrogens is 1. The largest absolute Gasteiger partial charge is 0.315 e. The maximum absolute atomic E-state index is 4.48. The first-order chi connectivity index (χ1) is 7.70. The quantitative estimate of drug-likeness (QED) is 0.879. The number of aryl methyl sites for hydroxylation is 2. The average Bonchev–Trinajstić information content (AvgIpc) is 2.71. The van der Waals surface area contributed by atoms with E-state index in [1.54, 1.807) is 11.5 Å².